The molecule has 0 fully saturated rings. The molecule has 2 aromatic carbocycles. The molecule has 0 bridgehead atoms. The molecular weight excluding hydrogens is 264 g/mol. The maximum atomic E-state index is 2.29. The molecule has 2 aliphatic rings. The molecule has 0 unspecified atom stereocenters. The van der Waals surface area contributed by atoms with Crippen LogP contribution in [0.4, 0.5) is 0 Å². The second-order valence-corrected chi connectivity index (χ2v) is 6.40. The number of benzene rings is 2. The van der Waals surface area contributed by atoms with Gasteiger partial charge in [-0.25, -0.2) is 0 Å². The second-order valence-electron chi connectivity index (χ2n) is 6.40. The molecule has 0 nitrogen and oxygen atoms in total. The standard InChI is InChI=1S/C22H20/c1-15-3-11-21-17(7-9-19(21)13-15)5-6-18-8-10-20-14-16(2)4-12-22(18)20/h3-4,7-14H,5-6H2,1-2H3. The third-order valence-electron chi connectivity index (χ3n) is 4.70. The van der Waals surface area contributed by atoms with Crippen LogP contribution in [0.1, 0.15) is 46.2 Å². The van der Waals surface area contributed by atoms with Crippen LogP contribution < -0.4 is 0 Å². The Morgan fingerprint density at radius 1 is 0.591 bits per heavy atom. The van der Waals surface area contributed by atoms with E-state index in [-0.39, 0.29) is 0 Å². The molecule has 108 valence electrons. The van der Waals surface area contributed by atoms with E-state index < -0.39 is 0 Å². The van der Waals surface area contributed by atoms with Crippen LogP contribution in [0.25, 0.3) is 12.2 Å². The molecule has 2 aromatic rings. The molecule has 22 heavy (non-hydrogen) atoms. The van der Waals surface area contributed by atoms with Crippen molar-refractivity contribution in [1.29, 1.82) is 0 Å². The SMILES string of the molecule is Cc1ccc2c(c1)C=C[C]2CC[C]1C=Cc2cc(C)ccc21. The van der Waals surface area contributed by atoms with E-state index >= 15 is 0 Å². The molecule has 0 heterocycles. The van der Waals surface area contributed by atoms with Crippen molar-refractivity contribution in [3.8, 4) is 0 Å². The third-order valence-corrected chi connectivity index (χ3v) is 4.70. The molecule has 0 N–H and O–H groups in total. The van der Waals surface area contributed by atoms with E-state index in [0.29, 0.717) is 0 Å². The van der Waals surface area contributed by atoms with Gasteiger partial charge < -0.3 is 0 Å². The van der Waals surface area contributed by atoms with Gasteiger partial charge in [-0.1, -0.05) is 71.8 Å². The summed E-state index contributed by atoms with van der Waals surface area (Å²) in [4.78, 5) is 0. The van der Waals surface area contributed by atoms with E-state index in [1.165, 1.54) is 45.2 Å². The molecular formula is C22H20. The summed E-state index contributed by atoms with van der Waals surface area (Å²) >= 11 is 0. The predicted octanol–water partition coefficient (Wildman–Crippen LogP) is 5.68. The van der Waals surface area contributed by atoms with Crippen LogP contribution in [0, 0.1) is 25.7 Å². The van der Waals surface area contributed by atoms with Crippen molar-refractivity contribution in [1.82, 2.24) is 0 Å². The van der Waals surface area contributed by atoms with E-state index in [1.807, 2.05) is 0 Å². The number of rotatable bonds is 3. The Hall–Kier alpha value is -2.08. The first-order valence-corrected chi connectivity index (χ1v) is 8.00. The average Bonchev–Trinajstić information content (AvgIpc) is 3.08. The van der Waals surface area contributed by atoms with Gasteiger partial charge in [-0.3, -0.25) is 0 Å². The Kier molecular flexibility index (Phi) is 3.26. The van der Waals surface area contributed by atoms with Crippen molar-refractivity contribution < 1.29 is 0 Å². The van der Waals surface area contributed by atoms with E-state index in [1.54, 1.807) is 0 Å². The summed E-state index contributed by atoms with van der Waals surface area (Å²) in [6.45, 7) is 4.31. The van der Waals surface area contributed by atoms with E-state index in [9.17, 15) is 0 Å². The average molecular weight is 284 g/mol. The highest BCUT2D eigenvalue weighted by molar-refractivity contribution is 5.71. The van der Waals surface area contributed by atoms with Crippen LogP contribution in [-0.4, -0.2) is 0 Å². The molecule has 0 spiro atoms. The zero-order chi connectivity index (χ0) is 15.1. The number of allylic oxidation sites excluding steroid dienone is 2. The minimum atomic E-state index is 1.11. The molecule has 0 aromatic heterocycles. The fraction of sp³-hybridized carbons (Fsp3) is 0.182. The van der Waals surface area contributed by atoms with Crippen molar-refractivity contribution >= 4 is 12.2 Å². The lowest BCUT2D eigenvalue weighted by Crippen LogP contribution is -2.00. The first kappa shape index (κ1) is 13.6. The summed E-state index contributed by atoms with van der Waals surface area (Å²) < 4.78 is 0. The van der Waals surface area contributed by atoms with Gasteiger partial charge in [0.2, 0.25) is 0 Å². The molecule has 0 heteroatoms. The van der Waals surface area contributed by atoms with E-state index in [4.69, 9.17) is 0 Å². The Bertz CT molecular complexity index is 709. The van der Waals surface area contributed by atoms with Crippen LogP contribution in [0.3, 0.4) is 0 Å². The minimum absolute atomic E-state index is 1.11. The third kappa shape index (κ3) is 2.33. The second kappa shape index (κ2) is 5.28. The van der Waals surface area contributed by atoms with Crippen LogP contribution in [-0.2, 0) is 0 Å². The first-order chi connectivity index (χ1) is 10.7. The molecule has 0 amide bonds. The zero-order valence-electron chi connectivity index (χ0n) is 13.2. The molecule has 0 saturated heterocycles. The van der Waals surface area contributed by atoms with Gasteiger partial charge in [-0.05, 0) is 48.9 Å². The van der Waals surface area contributed by atoms with Crippen molar-refractivity contribution in [3.05, 3.63) is 93.8 Å². The molecule has 2 aliphatic carbocycles. The summed E-state index contributed by atoms with van der Waals surface area (Å²) in [6, 6.07) is 13.5. The van der Waals surface area contributed by atoms with Gasteiger partial charge in [0, 0.05) is 11.8 Å². The zero-order valence-corrected chi connectivity index (χ0v) is 13.2. The van der Waals surface area contributed by atoms with Crippen LogP contribution in [0.2, 0.25) is 0 Å². The summed E-state index contributed by atoms with van der Waals surface area (Å²) in [6.07, 6.45) is 11.3. The van der Waals surface area contributed by atoms with Crippen molar-refractivity contribution in [2.45, 2.75) is 26.7 Å². The first-order valence-electron chi connectivity index (χ1n) is 8.00. The largest absolute Gasteiger partial charge is 0.0721 e. The van der Waals surface area contributed by atoms with Crippen molar-refractivity contribution in [2.75, 3.05) is 0 Å². The number of hydrogen-bond acceptors (Lipinski definition) is 0. The Morgan fingerprint density at radius 3 is 1.50 bits per heavy atom. The van der Waals surface area contributed by atoms with Crippen LogP contribution >= 0.6 is 0 Å². The van der Waals surface area contributed by atoms with Crippen molar-refractivity contribution in [2.24, 2.45) is 0 Å². The predicted molar refractivity (Wildman–Crippen MR) is 94.4 cm³/mol. The molecule has 2 radical (unpaired) electrons. The van der Waals surface area contributed by atoms with Gasteiger partial charge >= 0.3 is 0 Å². The normalized spacial score (nSPS) is 16.3. The molecule has 0 atom stereocenters. The van der Waals surface area contributed by atoms with Crippen molar-refractivity contribution in [3.63, 3.8) is 0 Å². The van der Waals surface area contributed by atoms with Gasteiger partial charge in [0.05, 0.1) is 0 Å². The fourth-order valence-electron chi connectivity index (χ4n) is 3.49. The Morgan fingerprint density at radius 2 is 1.05 bits per heavy atom. The highest BCUT2D eigenvalue weighted by Gasteiger charge is 2.22. The molecule has 0 aliphatic heterocycles. The lowest BCUT2D eigenvalue weighted by Gasteiger charge is -2.14. The minimum Gasteiger partial charge on any atom is -0.0721 e. The molecule has 0 saturated carbocycles. The Labute approximate surface area is 133 Å². The quantitative estimate of drug-likeness (QED) is 0.680. The van der Waals surface area contributed by atoms with E-state index in [0.717, 1.165) is 12.8 Å². The van der Waals surface area contributed by atoms with Crippen LogP contribution in [0.15, 0.2) is 48.6 Å². The Balaban J connectivity index is 1.48. The highest BCUT2D eigenvalue weighted by Crippen LogP contribution is 2.38. The smallest absolute Gasteiger partial charge is 0.0273 e. The molecule has 4 rings (SSSR count). The van der Waals surface area contributed by atoms with Gasteiger partial charge in [0.15, 0.2) is 0 Å². The number of aryl methyl sites for hydroxylation is 2. The number of fused-ring (bicyclic) bond motifs is 2. The lowest BCUT2D eigenvalue weighted by atomic mass is 9.89. The summed E-state index contributed by atoms with van der Waals surface area (Å²) in [5, 5.41) is 0. The van der Waals surface area contributed by atoms with E-state index in [2.05, 4.69) is 74.5 Å². The van der Waals surface area contributed by atoms with Crippen LogP contribution in [0.5, 0.6) is 0 Å². The topological polar surface area (TPSA) is 0 Å². The summed E-state index contributed by atoms with van der Waals surface area (Å²) in [5.74, 6) is 2.94. The maximum absolute atomic E-state index is 2.29. The lowest BCUT2D eigenvalue weighted by molar-refractivity contribution is 0.850. The summed E-state index contributed by atoms with van der Waals surface area (Å²) in [5.41, 5.74) is 8.25. The van der Waals surface area contributed by atoms with Gasteiger partial charge in [0.25, 0.3) is 0 Å². The maximum Gasteiger partial charge on any atom is 0.0273 e. The summed E-state index contributed by atoms with van der Waals surface area (Å²) in [7, 11) is 0. The highest BCUT2D eigenvalue weighted by atomic mass is 14.3. The number of hydrogen-bond donors (Lipinski definition) is 0. The van der Waals surface area contributed by atoms with Gasteiger partial charge in [-0.15, -0.1) is 0 Å². The fourth-order valence-corrected chi connectivity index (χ4v) is 3.49. The van der Waals surface area contributed by atoms with Gasteiger partial charge in [0.1, 0.15) is 0 Å². The van der Waals surface area contributed by atoms with Gasteiger partial charge in [-0.2, -0.15) is 0 Å². The monoisotopic (exact) mass is 284 g/mol.